The fourth-order valence-corrected chi connectivity index (χ4v) is 2.30. The number of rotatable bonds is 3. The first kappa shape index (κ1) is 14.1. The molecule has 2 aromatic rings. The van der Waals surface area contributed by atoms with Crippen LogP contribution >= 0.6 is 0 Å². The number of furan rings is 1. The highest BCUT2D eigenvalue weighted by atomic mass is 16.5. The molecule has 0 saturated heterocycles. The third-order valence-electron chi connectivity index (χ3n) is 3.43. The molecule has 1 aliphatic rings. The molecule has 0 radical (unpaired) electrons. The van der Waals surface area contributed by atoms with Gasteiger partial charge in [-0.15, -0.1) is 0 Å². The lowest BCUT2D eigenvalue weighted by Crippen LogP contribution is -2.37. The third kappa shape index (κ3) is 2.79. The van der Waals surface area contributed by atoms with E-state index in [2.05, 4.69) is 0 Å². The monoisotopic (exact) mass is 297 g/mol. The Kier molecular flexibility index (Phi) is 3.78. The van der Waals surface area contributed by atoms with Crippen LogP contribution in [0, 0.1) is 0 Å². The van der Waals surface area contributed by atoms with Gasteiger partial charge in [0.1, 0.15) is 18.1 Å². The minimum absolute atomic E-state index is 0.0492. The van der Waals surface area contributed by atoms with E-state index in [0.29, 0.717) is 35.9 Å². The van der Waals surface area contributed by atoms with Gasteiger partial charge in [0.05, 0.1) is 18.5 Å². The molecule has 0 spiro atoms. The number of carbonyl (C=O) groups excluding carboxylic acids is 2. The molecule has 0 saturated carbocycles. The normalized spacial score (nSPS) is 13.8. The van der Waals surface area contributed by atoms with Crippen LogP contribution in [0.3, 0.4) is 0 Å². The SMILES string of the molecule is CC(=O)c1ccc2c(c1)N(C(=O)/C=C/c1ccco1)CCO2. The second-order valence-corrected chi connectivity index (χ2v) is 4.93. The molecule has 0 atom stereocenters. The van der Waals surface area contributed by atoms with E-state index >= 15 is 0 Å². The summed E-state index contributed by atoms with van der Waals surface area (Å²) in [5, 5.41) is 0. The molecule has 1 aromatic heterocycles. The molecule has 0 unspecified atom stereocenters. The number of hydrogen-bond donors (Lipinski definition) is 0. The van der Waals surface area contributed by atoms with Crippen molar-refractivity contribution in [2.45, 2.75) is 6.92 Å². The van der Waals surface area contributed by atoms with Crippen LogP contribution in [0.5, 0.6) is 5.75 Å². The number of benzene rings is 1. The van der Waals surface area contributed by atoms with Crippen molar-refractivity contribution in [2.24, 2.45) is 0 Å². The number of hydrogen-bond acceptors (Lipinski definition) is 4. The van der Waals surface area contributed by atoms with Crippen molar-refractivity contribution in [1.29, 1.82) is 0 Å². The fraction of sp³-hybridized carbons (Fsp3) is 0.176. The lowest BCUT2D eigenvalue weighted by atomic mass is 10.1. The van der Waals surface area contributed by atoms with Gasteiger partial charge >= 0.3 is 0 Å². The molecule has 1 aromatic carbocycles. The van der Waals surface area contributed by atoms with E-state index < -0.39 is 0 Å². The van der Waals surface area contributed by atoms with E-state index in [-0.39, 0.29) is 11.7 Å². The van der Waals surface area contributed by atoms with Gasteiger partial charge in [0.25, 0.3) is 5.91 Å². The Morgan fingerprint density at radius 1 is 1.27 bits per heavy atom. The first-order chi connectivity index (χ1) is 10.6. The molecule has 1 aliphatic heterocycles. The smallest absolute Gasteiger partial charge is 0.251 e. The van der Waals surface area contributed by atoms with Crippen molar-refractivity contribution in [1.82, 2.24) is 0 Å². The summed E-state index contributed by atoms with van der Waals surface area (Å²) in [6, 6.07) is 8.64. The van der Waals surface area contributed by atoms with Crippen LogP contribution in [-0.2, 0) is 4.79 Å². The molecule has 3 rings (SSSR count). The second-order valence-electron chi connectivity index (χ2n) is 4.93. The summed E-state index contributed by atoms with van der Waals surface area (Å²) in [4.78, 5) is 25.5. The minimum Gasteiger partial charge on any atom is -0.490 e. The van der Waals surface area contributed by atoms with Gasteiger partial charge in [0.2, 0.25) is 0 Å². The molecular weight excluding hydrogens is 282 g/mol. The molecule has 22 heavy (non-hydrogen) atoms. The predicted molar refractivity (Wildman–Crippen MR) is 82.0 cm³/mol. The summed E-state index contributed by atoms with van der Waals surface area (Å²) in [5.41, 5.74) is 1.17. The van der Waals surface area contributed by atoms with Crippen molar-refractivity contribution in [3.05, 3.63) is 54.0 Å². The Morgan fingerprint density at radius 2 is 2.14 bits per heavy atom. The molecule has 0 bridgehead atoms. The number of ketones is 1. The molecular formula is C17H15NO4. The van der Waals surface area contributed by atoms with Crippen LogP contribution in [0.2, 0.25) is 0 Å². The first-order valence-corrected chi connectivity index (χ1v) is 6.96. The van der Waals surface area contributed by atoms with Gasteiger partial charge in [0, 0.05) is 11.6 Å². The van der Waals surface area contributed by atoms with Crippen LogP contribution in [0.15, 0.2) is 47.1 Å². The van der Waals surface area contributed by atoms with E-state index in [0.717, 1.165) is 0 Å². The first-order valence-electron chi connectivity index (χ1n) is 6.96. The summed E-state index contributed by atoms with van der Waals surface area (Å²) >= 11 is 0. The number of nitrogens with zero attached hydrogens (tertiary/aromatic N) is 1. The van der Waals surface area contributed by atoms with Crippen molar-refractivity contribution in [3.63, 3.8) is 0 Å². The number of amides is 1. The van der Waals surface area contributed by atoms with Gasteiger partial charge in [-0.1, -0.05) is 0 Å². The minimum atomic E-state index is -0.179. The Hall–Kier alpha value is -2.82. The summed E-state index contributed by atoms with van der Waals surface area (Å²) in [6.07, 6.45) is 4.62. The maximum atomic E-state index is 12.4. The molecule has 5 heteroatoms. The van der Waals surface area contributed by atoms with Crippen LogP contribution in [0.4, 0.5) is 5.69 Å². The molecule has 2 heterocycles. The van der Waals surface area contributed by atoms with Crippen molar-refractivity contribution in [3.8, 4) is 5.75 Å². The molecule has 5 nitrogen and oxygen atoms in total. The molecule has 0 N–H and O–H groups in total. The van der Waals surface area contributed by atoms with Gasteiger partial charge in [-0.2, -0.15) is 0 Å². The van der Waals surface area contributed by atoms with E-state index in [1.165, 1.54) is 13.0 Å². The standard InChI is InChI=1S/C17H15NO4/c1-12(19)13-4-6-16-15(11-13)18(8-10-22-16)17(20)7-5-14-3-2-9-21-14/h2-7,9,11H,8,10H2,1H3/b7-5+. The highest BCUT2D eigenvalue weighted by molar-refractivity contribution is 6.06. The van der Waals surface area contributed by atoms with Gasteiger partial charge < -0.3 is 14.1 Å². The van der Waals surface area contributed by atoms with Gasteiger partial charge in [-0.25, -0.2) is 0 Å². The predicted octanol–water partition coefficient (Wildman–Crippen LogP) is 2.92. The topological polar surface area (TPSA) is 59.8 Å². The fourth-order valence-electron chi connectivity index (χ4n) is 2.30. The molecule has 0 fully saturated rings. The zero-order chi connectivity index (χ0) is 15.5. The molecule has 112 valence electrons. The quantitative estimate of drug-likeness (QED) is 0.645. The van der Waals surface area contributed by atoms with Gasteiger partial charge in [0.15, 0.2) is 5.78 Å². The Morgan fingerprint density at radius 3 is 2.86 bits per heavy atom. The lowest BCUT2D eigenvalue weighted by Gasteiger charge is -2.29. The van der Waals surface area contributed by atoms with Crippen LogP contribution in [-0.4, -0.2) is 24.8 Å². The zero-order valence-corrected chi connectivity index (χ0v) is 12.1. The van der Waals surface area contributed by atoms with Crippen LogP contribution in [0.25, 0.3) is 6.08 Å². The average molecular weight is 297 g/mol. The number of fused-ring (bicyclic) bond motifs is 1. The number of anilines is 1. The Balaban J connectivity index is 1.88. The number of carbonyl (C=O) groups is 2. The highest BCUT2D eigenvalue weighted by Gasteiger charge is 2.23. The van der Waals surface area contributed by atoms with Crippen LogP contribution < -0.4 is 9.64 Å². The largest absolute Gasteiger partial charge is 0.490 e. The van der Waals surface area contributed by atoms with E-state index in [1.54, 1.807) is 47.6 Å². The summed E-state index contributed by atoms with van der Waals surface area (Å²) in [6.45, 7) is 2.36. The Bertz CT molecular complexity index is 731. The van der Waals surface area contributed by atoms with E-state index in [9.17, 15) is 9.59 Å². The number of ether oxygens (including phenoxy) is 1. The Labute approximate surface area is 127 Å². The second kappa shape index (κ2) is 5.89. The summed E-state index contributed by atoms with van der Waals surface area (Å²) < 4.78 is 10.7. The summed E-state index contributed by atoms with van der Waals surface area (Å²) in [5.74, 6) is 0.990. The van der Waals surface area contributed by atoms with Crippen molar-refractivity contribution < 1.29 is 18.7 Å². The molecule has 1 amide bonds. The lowest BCUT2D eigenvalue weighted by molar-refractivity contribution is -0.114. The van der Waals surface area contributed by atoms with E-state index in [1.807, 2.05) is 0 Å². The zero-order valence-electron chi connectivity index (χ0n) is 12.1. The van der Waals surface area contributed by atoms with Gasteiger partial charge in [-0.3, -0.25) is 9.59 Å². The maximum absolute atomic E-state index is 12.4. The summed E-state index contributed by atoms with van der Waals surface area (Å²) in [7, 11) is 0. The third-order valence-corrected chi connectivity index (χ3v) is 3.43. The van der Waals surface area contributed by atoms with Crippen LogP contribution in [0.1, 0.15) is 23.0 Å². The number of Topliss-reactive ketones (excluding diaryl/α,β-unsaturated/α-hetero) is 1. The average Bonchev–Trinajstić information content (AvgIpc) is 3.04. The molecule has 0 aliphatic carbocycles. The van der Waals surface area contributed by atoms with Crippen molar-refractivity contribution in [2.75, 3.05) is 18.1 Å². The van der Waals surface area contributed by atoms with Crippen molar-refractivity contribution >= 4 is 23.5 Å². The van der Waals surface area contributed by atoms with E-state index in [4.69, 9.17) is 9.15 Å². The van der Waals surface area contributed by atoms with Gasteiger partial charge in [-0.05, 0) is 43.3 Å². The maximum Gasteiger partial charge on any atom is 0.251 e. The highest BCUT2D eigenvalue weighted by Crippen LogP contribution is 2.32.